The molecule has 0 rings (SSSR count). The van der Waals surface area contributed by atoms with E-state index < -0.39 is 0 Å². The fourth-order valence-electron chi connectivity index (χ4n) is 1.76. The van der Waals surface area contributed by atoms with E-state index in [0.717, 1.165) is 0 Å². The van der Waals surface area contributed by atoms with E-state index in [0.29, 0.717) is 72.6 Å². The fourth-order valence-corrected chi connectivity index (χ4v) is 1.76. The van der Waals surface area contributed by atoms with Gasteiger partial charge in [-0.2, -0.15) is 0 Å². The van der Waals surface area contributed by atoms with E-state index in [1.54, 1.807) is 0 Å². The summed E-state index contributed by atoms with van der Waals surface area (Å²) >= 11 is 0. The van der Waals surface area contributed by atoms with Gasteiger partial charge in [0.1, 0.15) is 6.61 Å². The highest BCUT2D eigenvalue weighted by Gasteiger charge is 2.11. The summed E-state index contributed by atoms with van der Waals surface area (Å²) in [5.74, 6) is -0.177. The minimum absolute atomic E-state index is 0.0459. The molecule has 0 saturated heterocycles. The highest BCUT2D eigenvalue weighted by Crippen LogP contribution is 2.09. The molecule has 0 aromatic rings. The molecule has 0 unspecified atom stereocenters. The number of carbonyl (C=O) groups excluding carboxylic acids is 2. The van der Waals surface area contributed by atoms with E-state index in [1.165, 1.54) is 6.92 Å². The quantitative estimate of drug-likeness (QED) is 0.313. The van der Waals surface area contributed by atoms with Gasteiger partial charge in [-0.1, -0.05) is 34.6 Å². The number of ether oxygens (including phenoxy) is 5. The van der Waals surface area contributed by atoms with E-state index in [-0.39, 0.29) is 23.8 Å². The third kappa shape index (κ3) is 28.9. The van der Waals surface area contributed by atoms with Crippen molar-refractivity contribution in [2.24, 2.45) is 5.41 Å². The van der Waals surface area contributed by atoms with Crippen LogP contribution in [-0.2, 0) is 33.3 Å². The van der Waals surface area contributed by atoms with Gasteiger partial charge in [-0.3, -0.25) is 9.59 Å². The Kier molecular flexibility index (Phi) is 23.1. The van der Waals surface area contributed by atoms with Crippen molar-refractivity contribution in [2.75, 3.05) is 79.2 Å². The van der Waals surface area contributed by atoms with Gasteiger partial charge >= 0.3 is 0 Å². The predicted octanol–water partition coefficient (Wildman–Crippen LogP) is 1.39. The molecule has 0 atom stereocenters. The molecule has 9 heteroatoms. The van der Waals surface area contributed by atoms with Gasteiger partial charge in [0.05, 0.1) is 59.5 Å². The average molecular weight is 437 g/mol. The molecule has 2 amide bonds. The van der Waals surface area contributed by atoms with Crippen molar-refractivity contribution in [3.63, 3.8) is 0 Å². The molecule has 2 N–H and O–H groups in total. The molecule has 30 heavy (non-hydrogen) atoms. The third-order valence-corrected chi connectivity index (χ3v) is 3.16. The van der Waals surface area contributed by atoms with Crippen LogP contribution in [0.15, 0.2) is 0 Å². The van der Waals surface area contributed by atoms with Gasteiger partial charge in [0.25, 0.3) is 0 Å². The van der Waals surface area contributed by atoms with Crippen molar-refractivity contribution in [1.82, 2.24) is 10.6 Å². The van der Waals surface area contributed by atoms with Gasteiger partial charge in [-0.15, -0.1) is 0 Å². The van der Waals surface area contributed by atoms with Crippen molar-refractivity contribution in [3.05, 3.63) is 0 Å². The summed E-state index contributed by atoms with van der Waals surface area (Å²) in [5.41, 5.74) is 0.0618. The van der Waals surface area contributed by atoms with Gasteiger partial charge in [0.2, 0.25) is 11.8 Å². The van der Waals surface area contributed by atoms with E-state index in [1.807, 2.05) is 13.8 Å². The second kappa shape index (κ2) is 22.4. The van der Waals surface area contributed by atoms with Crippen LogP contribution in [0.4, 0.5) is 0 Å². The summed E-state index contributed by atoms with van der Waals surface area (Å²) in [6.45, 7) is 17.0. The molecule has 0 aromatic carbocycles. The van der Waals surface area contributed by atoms with Crippen LogP contribution in [0.1, 0.15) is 41.5 Å². The zero-order chi connectivity index (χ0) is 23.1. The van der Waals surface area contributed by atoms with Crippen molar-refractivity contribution >= 4 is 11.8 Å². The largest absolute Gasteiger partial charge is 0.377 e. The Hall–Kier alpha value is -1.26. The highest BCUT2D eigenvalue weighted by molar-refractivity contribution is 5.77. The Morgan fingerprint density at radius 1 is 0.667 bits per heavy atom. The minimum atomic E-state index is -0.114. The van der Waals surface area contributed by atoms with E-state index in [4.69, 9.17) is 23.7 Å². The van der Waals surface area contributed by atoms with E-state index >= 15 is 0 Å². The molecular formula is C21H44N2O7. The van der Waals surface area contributed by atoms with Crippen LogP contribution in [0.3, 0.4) is 0 Å². The molecular weight excluding hydrogens is 392 g/mol. The lowest BCUT2D eigenvalue weighted by Crippen LogP contribution is -2.34. The summed E-state index contributed by atoms with van der Waals surface area (Å²) < 4.78 is 26.6. The molecule has 0 aliphatic carbocycles. The standard InChI is InChI=1S/C19H38N2O7.C2H6/c1-17(22)20-5-6-24-7-8-25-9-10-26-11-12-27-13-14-28-15-18(23)21-16-19(2,3)4;1-2/h5-16H2,1-4H3,(H,20,22)(H,21,23);1-2H3. The summed E-state index contributed by atoms with van der Waals surface area (Å²) in [7, 11) is 0. The van der Waals surface area contributed by atoms with Gasteiger partial charge in [0, 0.05) is 20.0 Å². The summed E-state index contributed by atoms with van der Waals surface area (Å²) in [5, 5.41) is 5.46. The summed E-state index contributed by atoms with van der Waals surface area (Å²) in [6.07, 6.45) is 0. The van der Waals surface area contributed by atoms with Crippen LogP contribution >= 0.6 is 0 Å². The number of amides is 2. The van der Waals surface area contributed by atoms with Crippen molar-refractivity contribution in [2.45, 2.75) is 41.5 Å². The van der Waals surface area contributed by atoms with E-state index in [2.05, 4.69) is 31.4 Å². The highest BCUT2D eigenvalue weighted by atomic mass is 16.6. The number of carbonyl (C=O) groups is 2. The lowest BCUT2D eigenvalue weighted by molar-refractivity contribution is -0.126. The van der Waals surface area contributed by atoms with Crippen LogP contribution < -0.4 is 10.6 Å². The number of hydrogen-bond donors (Lipinski definition) is 2. The number of nitrogens with one attached hydrogen (secondary N) is 2. The van der Waals surface area contributed by atoms with Crippen LogP contribution in [0.2, 0.25) is 0 Å². The SMILES string of the molecule is CC.CC(=O)NCCOCCOCCOCCOCCOCC(=O)NCC(C)(C)C. The average Bonchev–Trinajstić information content (AvgIpc) is 2.69. The third-order valence-electron chi connectivity index (χ3n) is 3.16. The molecule has 0 fully saturated rings. The Morgan fingerprint density at radius 3 is 1.47 bits per heavy atom. The van der Waals surface area contributed by atoms with Crippen molar-refractivity contribution in [3.8, 4) is 0 Å². The molecule has 0 spiro atoms. The van der Waals surface area contributed by atoms with Crippen LogP contribution in [0.5, 0.6) is 0 Å². The fraction of sp³-hybridized carbons (Fsp3) is 0.905. The molecule has 0 aliphatic heterocycles. The van der Waals surface area contributed by atoms with Gasteiger partial charge in [-0.25, -0.2) is 0 Å². The molecule has 9 nitrogen and oxygen atoms in total. The van der Waals surface area contributed by atoms with Gasteiger partial charge < -0.3 is 34.3 Å². The maximum Gasteiger partial charge on any atom is 0.246 e. The van der Waals surface area contributed by atoms with Crippen LogP contribution in [0.25, 0.3) is 0 Å². The number of rotatable bonds is 18. The zero-order valence-electron chi connectivity index (χ0n) is 19.8. The molecule has 0 bridgehead atoms. The summed E-state index contributed by atoms with van der Waals surface area (Å²) in [6, 6.07) is 0. The van der Waals surface area contributed by atoms with Crippen molar-refractivity contribution < 1.29 is 33.3 Å². The van der Waals surface area contributed by atoms with E-state index in [9.17, 15) is 9.59 Å². The van der Waals surface area contributed by atoms with Gasteiger partial charge in [-0.05, 0) is 5.41 Å². The van der Waals surface area contributed by atoms with Crippen molar-refractivity contribution in [1.29, 1.82) is 0 Å². The molecule has 180 valence electrons. The first-order valence-electron chi connectivity index (χ1n) is 10.7. The Morgan fingerprint density at radius 2 is 1.07 bits per heavy atom. The first-order chi connectivity index (χ1) is 14.3. The normalized spacial score (nSPS) is 10.9. The summed E-state index contributed by atoms with van der Waals surface area (Å²) in [4.78, 5) is 22.2. The molecule has 0 heterocycles. The second-order valence-corrected chi connectivity index (χ2v) is 7.32. The van der Waals surface area contributed by atoms with Crippen LogP contribution in [-0.4, -0.2) is 91.0 Å². The maximum absolute atomic E-state index is 11.5. The monoisotopic (exact) mass is 436 g/mol. The lowest BCUT2D eigenvalue weighted by Gasteiger charge is -2.18. The number of hydrogen-bond acceptors (Lipinski definition) is 7. The first-order valence-corrected chi connectivity index (χ1v) is 10.7. The maximum atomic E-state index is 11.5. The smallest absolute Gasteiger partial charge is 0.246 e. The topological polar surface area (TPSA) is 104 Å². The Balaban J connectivity index is 0. The molecule has 0 aromatic heterocycles. The molecule has 0 radical (unpaired) electrons. The Bertz CT molecular complexity index is 401. The zero-order valence-corrected chi connectivity index (χ0v) is 19.8. The van der Waals surface area contributed by atoms with Crippen LogP contribution in [0, 0.1) is 5.41 Å². The lowest BCUT2D eigenvalue weighted by atomic mass is 9.97. The minimum Gasteiger partial charge on any atom is -0.377 e. The Labute approximate surface area is 182 Å². The molecule has 0 saturated carbocycles. The predicted molar refractivity (Wildman–Crippen MR) is 117 cm³/mol. The van der Waals surface area contributed by atoms with Gasteiger partial charge in [0.15, 0.2) is 0 Å². The second-order valence-electron chi connectivity index (χ2n) is 7.32. The first kappa shape index (κ1) is 30.9. The molecule has 0 aliphatic rings.